The Labute approximate surface area is 66.3 Å². The second-order valence-electron chi connectivity index (χ2n) is 2.96. The van der Waals surface area contributed by atoms with E-state index in [1.165, 1.54) is 0 Å². The Morgan fingerprint density at radius 2 is 2.45 bits per heavy atom. The van der Waals surface area contributed by atoms with Crippen LogP contribution in [0.25, 0.3) is 0 Å². The first-order valence-corrected chi connectivity index (χ1v) is 3.79. The zero-order valence-corrected chi connectivity index (χ0v) is 6.55. The third-order valence-corrected chi connectivity index (χ3v) is 1.81. The summed E-state index contributed by atoms with van der Waals surface area (Å²) in [4.78, 5) is 12.2. The van der Waals surface area contributed by atoms with Gasteiger partial charge in [0.1, 0.15) is 0 Å². The molecule has 11 heavy (non-hydrogen) atoms. The van der Waals surface area contributed by atoms with E-state index in [-0.39, 0.29) is 6.54 Å². The first-order valence-electron chi connectivity index (χ1n) is 3.79. The Morgan fingerprint density at radius 3 is 3.00 bits per heavy atom. The number of carboxylic acid groups (broad SMARTS) is 1. The van der Waals surface area contributed by atoms with Crippen LogP contribution in [0.1, 0.15) is 12.8 Å². The summed E-state index contributed by atoms with van der Waals surface area (Å²) in [7, 11) is 0. The van der Waals surface area contributed by atoms with Crippen molar-refractivity contribution in [3.8, 4) is 0 Å². The Hall–Kier alpha value is -0.830. The van der Waals surface area contributed by atoms with Gasteiger partial charge in [0.05, 0.1) is 6.54 Å². The van der Waals surface area contributed by atoms with Crippen LogP contribution < -0.4 is 0 Å². The molecule has 3 heteroatoms. The number of hydrogen-bond donors (Lipinski definition) is 1. The number of rotatable bonds is 2. The average Bonchev–Trinajstić information content (AvgIpc) is 1.85. The maximum absolute atomic E-state index is 10.3. The molecule has 1 saturated heterocycles. The second kappa shape index (κ2) is 3.53. The zero-order valence-electron chi connectivity index (χ0n) is 6.55. The van der Waals surface area contributed by atoms with E-state index in [2.05, 4.69) is 6.58 Å². The summed E-state index contributed by atoms with van der Waals surface area (Å²) in [6, 6.07) is 0. The molecule has 1 rings (SSSR count). The van der Waals surface area contributed by atoms with Gasteiger partial charge in [-0.3, -0.25) is 9.69 Å². The van der Waals surface area contributed by atoms with Crippen molar-refractivity contribution in [1.29, 1.82) is 0 Å². The van der Waals surface area contributed by atoms with Crippen LogP contribution in [0.5, 0.6) is 0 Å². The number of piperidine rings is 1. The summed E-state index contributed by atoms with van der Waals surface area (Å²) >= 11 is 0. The molecular weight excluding hydrogens is 142 g/mol. The van der Waals surface area contributed by atoms with Gasteiger partial charge in [-0.05, 0) is 19.4 Å². The van der Waals surface area contributed by atoms with Crippen LogP contribution in [0.15, 0.2) is 12.2 Å². The van der Waals surface area contributed by atoms with Gasteiger partial charge in [-0.1, -0.05) is 12.2 Å². The monoisotopic (exact) mass is 155 g/mol. The average molecular weight is 155 g/mol. The van der Waals surface area contributed by atoms with Gasteiger partial charge >= 0.3 is 5.97 Å². The molecule has 1 fully saturated rings. The van der Waals surface area contributed by atoms with E-state index in [0.717, 1.165) is 31.5 Å². The molecule has 0 aromatic carbocycles. The third-order valence-electron chi connectivity index (χ3n) is 1.81. The zero-order chi connectivity index (χ0) is 8.27. The molecule has 0 bridgehead atoms. The highest BCUT2D eigenvalue weighted by molar-refractivity contribution is 5.69. The van der Waals surface area contributed by atoms with Crippen LogP contribution in [-0.4, -0.2) is 35.6 Å². The van der Waals surface area contributed by atoms with Crippen molar-refractivity contribution in [1.82, 2.24) is 4.90 Å². The topological polar surface area (TPSA) is 40.5 Å². The molecule has 1 aliphatic rings. The Morgan fingerprint density at radius 1 is 1.73 bits per heavy atom. The van der Waals surface area contributed by atoms with E-state index >= 15 is 0 Å². The highest BCUT2D eigenvalue weighted by Gasteiger charge is 2.14. The number of hydrogen-bond acceptors (Lipinski definition) is 2. The quantitative estimate of drug-likeness (QED) is 0.597. The van der Waals surface area contributed by atoms with Crippen LogP contribution in [0.3, 0.4) is 0 Å². The van der Waals surface area contributed by atoms with E-state index in [9.17, 15) is 4.79 Å². The Kier molecular flexibility index (Phi) is 2.65. The molecule has 1 aliphatic heterocycles. The summed E-state index contributed by atoms with van der Waals surface area (Å²) in [5, 5.41) is 8.48. The van der Waals surface area contributed by atoms with Crippen LogP contribution in [0.2, 0.25) is 0 Å². The fraction of sp³-hybridized carbons (Fsp3) is 0.625. The highest BCUT2D eigenvalue weighted by Crippen LogP contribution is 2.12. The lowest BCUT2D eigenvalue weighted by Gasteiger charge is -2.26. The number of carbonyl (C=O) groups is 1. The summed E-state index contributed by atoms with van der Waals surface area (Å²) in [6.07, 6.45) is 2.10. The number of likely N-dealkylation sites (tertiary alicyclic amines) is 1. The standard InChI is InChI=1S/C8H13NO2/c1-7-3-2-4-9(5-7)6-8(10)11/h1-6H2,(H,10,11). The summed E-state index contributed by atoms with van der Waals surface area (Å²) in [5.41, 5.74) is 1.15. The van der Waals surface area contributed by atoms with E-state index in [1.54, 1.807) is 0 Å². The first-order chi connectivity index (χ1) is 5.18. The predicted molar refractivity (Wildman–Crippen MR) is 42.4 cm³/mol. The number of aliphatic carboxylic acids is 1. The summed E-state index contributed by atoms with van der Waals surface area (Å²) in [6.45, 7) is 5.64. The van der Waals surface area contributed by atoms with Gasteiger partial charge in [-0.2, -0.15) is 0 Å². The minimum absolute atomic E-state index is 0.152. The lowest BCUT2D eigenvalue weighted by atomic mass is 10.1. The van der Waals surface area contributed by atoms with Gasteiger partial charge < -0.3 is 5.11 Å². The first kappa shape index (κ1) is 8.27. The Balaban J connectivity index is 2.34. The van der Waals surface area contributed by atoms with Crippen LogP contribution in [-0.2, 0) is 4.79 Å². The predicted octanol–water partition coefficient (Wildman–Crippen LogP) is 0.723. The van der Waals surface area contributed by atoms with Gasteiger partial charge in [-0.25, -0.2) is 0 Å². The number of carboxylic acids is 1. The van der Waals surface area contributed by atoms with Gasteiger partial charge in [0.2, 0.25) is 0 Å². The molecule has 0 radical (unpaired) electrons. The highest BCUT2D eigenvalue weighted by atomic mass is 16.4. The molecule has 1 N–H and O–H groups in total. The lowest BCUT2D eigenvalue weighted by Crippen LogP contribution is -2.35. The molecule has 0 aliphatic carbocycles. The lowest BCUT2D eigenvalue weighted by molar-refractivity contribution is -0.138. The van der Waals surface area contributed by atoms with Gasteiger partial charge in [0.25, 0.3) is 0 Å². The normalized spacial score (nSPS) is 20.2. The third kappa shape index (κ3) is 2.72. The van der Waals surface area contributed by atoms with Crippen molar-refractivity contribution in [2.45, 2.75) is 12.8 Å². The molecule has 0 unspecified atom stereocenters. The van der Waals surface area contributed by atoms with Crippen LogP contribution in [0, 0.1) is 0 Å². The Bertz CT molecular complexity index is 175. The maximum atomic E-state index is 10.3. The van der Waals surface area contributed by atoms with Crippen LogP contribution in [0.4, 0.5) is 0 Å². The fourth-order valence-corrected chi connectivity index (χ4v) is 1.35. The molecule has 3 nitrogen and oxygen atoms in total. The maximum Gasteiger partial charge on any atom is 0.317 e. The second-order valence-corrected chi connectivity index (χ2v) is 2.96. The largest absolute Gasteiger partial charge is 0.480 e. The molecule has 0 amide bonds. The van der Waals surface area contributed by atoms with Crippen molar-refractivity contribution in [2.24, 2.45) is 0 Å². The van der Waals surface area contributed by atoms with Crippen LogP contribution >= 0.6 is 0 Å². The molecular formula is C8H13NO2. The van der Waals surface area contributed by atoms with E-state index in [4.69, 9.17) is 5.11 Å². The summed E-state index contributed by atoms with van der Waals surface area (Å²) in [5.74, 6) is -0.750. The molecule has 0 saturated carbocycles. The van der Waals surface area contributed by atoms with E-state index in [1.807, 2.05) is 4.90 Å². The SMILES string of the molecule is C=C1CCCN(CC(=O)O)C1. The number of nitrogens with zero attached hydrogens (tertiary/aromatic N) is 1. The summed E-state index contributed by atoms with van der Waals surface area (Å²) < 4.78 is 0. The fourth-order valence-electron chi connectivity index (χ4n) is 1.35. The molecule has 0 spiro atoms. The molecule has 1 heterocycles. The molecule has 0 aromatic heterocycles. The van der Waals surface area contributed by atoms with Gasteiger partial charge in [0.15, 0.2) is 0 Å². The van der Waals surface area contributed by atoms with Crippen molar-refractivity contribution in [3.05, 3.63) is 12.2 Å². The molecule has 0 atom stereocenters. The van der Waals surface area contributed by atoms with Gasteiger partial charge in [0, 0.05) is 6.54 Å². The van der Waals surface area contributed by atoms with E-state index < -0.39 is 5.97 Å². The van der Waals surface area contributed by atoms with Crippen molar-refractivity contribution >= 4 is 5.97 Å². The van der Waals surface area contributed by atoms with Crippen molar-refractivity contribution < 1.29 is 9.90 Å². The van der Waals surface area contributed by atoms with Gasteiger partial charge in [-0.15, -0.1) is 0 Å². The molecule has 0 aromatic rings. The minimum Gasteiger partial charge on any atom is -0.480 e. The van der Waals surface area contributed by atoms with E-state index in [0.29, 0.717) is 0 Å². The molecule has 62 valence electrons. The van der Waals surface area contributed by atoms with Crippen molar-refractivity contribution in [2.75, 3.05) is 19.6 Å². The smallest absolute Gasteiger partial charge is 0.317 e. The van der Waals surface area contributed by atoms with Crippen molar-refractivity contribution in [3.63, 3.8) is 0 Å². The minimum atomic E-state index is -0.750.